The van der Waals surface area contributed by atoms with Gasteiger partial charge in [0.05, 0.1) is 6.04 Å². The molecule has 0 spiro atoms. The Bertz CT molecular complexity index is 737. The number of benzene rings is 2. The van der Waals surface area contributed by atoms with Crippen molar-refractivity contribution in [3.63, 3.8) is 0 Å². The van der Waals surface area contributed by atoms with Gasteiger partial charge in [-0.25, -0.2) is 0 Å². The van der Waals surface area contributed by atoms with Gasteiger partial charge in [-0.1, -0.05) is 42.5 Å². The van der Waals surface area contributed by atoms with E-state index in [1.807, 2.05) is 54.8 Å². The van der Waals surface area contributed by atoms with E-state index >= 15 is 0 Å². The highest BCUT2D eigenvalue weighted by Gasteiger charge is 2.20. The van der Waals surface area contributed by atoms with Crippen LogP contribution in [0, 0.1) is 0 Å². The number of aliphatic hydroxyl groups is 1. The second-order valence-electron chi connectivity index (χ2n) is 5.91. The molecule has 3 N–H and O–H groups in total. The smallest absolute Gasteiger partial charge is 0.313 e. The Labute approximate surface area is 158 Å². The molecule has 0 heterocycles. The molecule has 2 unspecified atom stereocenters. The van der Waals surface area contributed by atoms with Crippen molar-refractivity contribution in [2.45, 2.75) is 24.6 Å². The van der Waals surface area contributed by atoms with Crippen LogP contribution in [0.15, 0.2) is 54.6 Å². The van der Waals surface area contributed by atoms with Crippen molar-refractivity contribution in [3.05, 3.63) is 65.7 Å². The lowest BCUT2D eigenvalue weighted by Crippen LogP contribution is -2.38. The molecule has 0 saturated heterocycles. The fourth-order valence-electron chi connectivity index (χ4n) is 2.55. The van der Waals surface area contributed by atoms with Crippen LogP contribution in [0.2, 0.25) is 0 Å². The summed E-state index contributed by atoms with van der Waals surface area (Å²) in [5.74, 6) is -1.45. The Kier molecular flexibility index (Phi) is 7.69. The highest BCUT2D eigenvalue weighted by atomic mass is 32.2. The molecule has 0 radical (unpaired) electrons. The minimum absolute atomic E-state index is 0.0872. The minimum Gasteiger partial charge on any atom is -0.396 e. The fourth-order valence-corrected chi connectivity index (χ4v) is 2.97. The first-order chi connectivity index (χ1) is 12.5. The highest BCUT2D eigenvalue weighted by Crippen LogP contribution is 2.27. The first-order valence-electron chi connectivity index (χ1n) is 8.45. The average Bonchev–Trinajstić information content (AvgIpc) is 2.67. The number of aliphatic hydroxyl groups excluding tert-OH is 1. The van der Waals surface area contributed by atoms with Crippen LogP contribution in [0.25, 0.3) is 0 Å². The largest absolute Gasteiger partial charge is 0.396 e. The molecule has 0 fully saturated rings. The van der Waals surface area contributed by atoms with E-state index in [-0.39, 0.29) is 6.61 Å². The van der Waals surface area contributed by atoms with Gasteiger partial charge in [0.2, 0.25) is 0 Å². The summed E-state index contributed by atoms with van der Waals surface area (Å²) in [6, 6.07) is 16.3. The number of hydrogen-bond donors (Lipinski definition) is 3. The molecular formula is C20H24N2O3S. The maximum absolute atomic E-state index is 12.3. The molecule has 2 amide bonds. The van der Waals surface area contributed by atoms with Crippen LogP contribution in [0.1, 0.15) is 35.8 Å². The topological polar surface area (TPSA) is 78.4 Å². The first-order valence-corrected chi connectivity index (χ1v) is 9.74. The van der Waals surface area contributed by atoms with Crippen LogP contribution in [0.3, 0.4) is 0 Å². The highest BCUT2D eigenvalue weighted by molar-refractivity contribution is 7.98. The van der Waals surface area contributed by atoms with E-state index in [1.54, 1.807) is 17.8 Å². The van der Waals surface area contributed by atoms with Gasteiger partial charge in [0.25, 0.3) is 0 Å². The third kappa shape index (κ3) is 5.61. The summed E-state index contributed by atoms with van der Waals surface area (Å²) >= 11 is 1.71. The van der Waals surface area contributed by atoms with Crippen molar-refractivity contribution in [1.29, 1.82) is 0 Å². The molecule has 6 heteroatoms. The number of hydrogen-bond acceptors (Lipinski definition) is 4. The Balaban J connectivity index is 2.03. The lowest BCUT2D eigenvalue weighted by atomic mass is 10.0. The summed E-state index contributed by atoms with van der Waals surface area (Å²) in [6.45, 7) is 1.99. The predicted octanol–water partition coefficient (Wildman–Crippen LogP) is 3.29. The van der Waals surface area contributed by atoms with E-state index < -0.39 is 17.9 Å². The fraction of sp³-hybridized carbons (Fsp3) is 0.300. The summed E-state index contributed by atoms with van der Waals surface area (Å²) in [6.07, 6.45) is 2.36. The number of thioether (sulfide) groups is 1. The van der Waals surface area contributed by atoms with Gasteiger partial charge in [-0.05, 0) is 42.9 Å². The molecule has 2 aromatic rings. The van der Waals surface area contributed by atoms with Crippen LogP contribution in [0.4, 0.5) is 5.69 Å². The van der Waals surface area contributed by atoms with E-state index in [4.69, 9.17) is 0 Å². The quantitative estimate of drug-likeness (QED) is 0.652. The molecule has 5 nitrogen and oxygen atoms in total. The van der Waals surface area contributed by atoms with Crippen molar-refractivity contribution in [1.82, 2.24) is 5.32 Å². The van der Waals surface area contributed by atoms with Gasteiger partial charge < -0.3 is 15.7 Å². The summed E-state index contributed by atoms with van der Waals surface area (Å²) < 4.78 is 0. The molecule has 2 atom stereocenters. The lowest BCUT2D eigenvalue weighted by Gasteiger charge is -2.18. The monoisotopic (exact) mass is 372 g/mol. The Morgan fingerprint density at radius 3 is 2.38 bits per heavy atom. The average molecular weight is 372 g/mol. The third-order valence-corrected chi connectivity index (χ3v) is 5.08. The number of anilines is 1. The Hall–Kier alpha value is -2.31. The van der Waals surface area contributed by atoms with Crippen molar-refractivity contribution in [3.8, 4) is 0 Å². The summed E-state index contributed by atoms with van der Waals surface area (Å²) in [7, 11) is 0. The zero-order valence-corrected chi connectivity index (χ0v) is 15.8. The molecule has 0 aromatic heterocycles. The van der Waals surface area contributed by atoms with E-state index in [0.717, 1.165) is 11.1 Å². The Morgan fingerprint density at radius 1 is 1.04 bits per heavy atom. The van der Waals surface area contributed by atoms with Gasteiger partial charge in [0.1, 0.15) is 0 Å². The van der Waals surface area contributed by atoms with Crippen LogP contribution in [-0.2, 0) is 9.59 Å². The molecule has 138 valence electrons. The molecule has 26 heavy (non-hydrogen) atoms. The van der Waals surface area contributed by atoms with Crippen LogP contribution < -0.4 is 10.6 Å². The molecule has 0 saturated carbocycles. The van der Waals surface area contributed by atoms with Crippen LogP contribution >= 0.6 is 11.8 Å². The first kappa shape index (κ1) is 20.0. The van der Waals surface area contributed by atoms with E-state index in [0.29, 0.717) is 17.4 Å². The molecule has 2 rings (SSSR count). The molecule has 0 aliphatic carbocycles. The molecule has 0 aliphatic rings. The second-order valence-corrected chi connectivity index (χ2v) is 7.09. The third-order valence-electron chi connectivity index (χ3n) is 4.10. The van der Waals surface area contributed by atoms with Gasteiger partial charge in [-0.15, -0.1) is 0 Å². The standard InChI is InChI=1S/C20H24N2O3S/c1-14(26-2)16-9-6-10-17(13-16)21-19(24)20(25)22-18(11-12-23)15-7-4-3-5-8-15/h3-10,13-14,18,23H,11-12H2,1-2H3,(H,21,24)(H,22,25). The van der Waals surface area contributed by atoms with Crippen LogP contribution in [-0.4, -0.2) is 29.8 Å². The maximum Gasteiger partial charge on any atom is 0.313 e. The lowest BCUT2D eigenvalue weighted by molar-refractivity contribution is -0.136. The molecule has 0 aliphatic heterocycles. The molecule has 0 bridgehead atoms. The number of rotatable bonds is 7. The number of nitrogens with one attached hydrogen (secondary N) is 2. The van der Waals surface area contributed by atoms with Gasteiger partial charge >= 0.3 is 11.8 Å². The predicted molar refractivity (Wildman–Crippen MR) is 106 cm³/mol. The van der Waals surface area contributed by atoms with Crippen molar-refractivity contribution in [2.24, 2.45) is 0 Å². The van der Waals surface area contributed by atoms with Crippen molar-refractivity contribution < 1.29 is 14.7 Å². The second kappa shape index (κ2) is 9.99. The molecular weight excluding hydrogens is 348 g/mol. The summed E-state index contributed by atoms with van der Waals surface area (Å²) in [4.78, 5) is 24.5. The van der Waals surface area contributed by atoms with E-state index in [9.17, 15) is 14.7 Å². The number of carbonyl (C=O) groups is 2. The number of amides is 2. The SMILES string of the molecule is CSC(C)c1cccc(NC(=O)C(=O)NC(CCO)c2ccccc2)c1. The van der Waals surface area contributed by atoms with Gasteiger partial charge in [0.15, 0.2) is 0 Å². The van der Waals surface area contributed by atoms with Crippen molar-refractivity contribution >= 4 is 29.3 Å². The van der Waals surface area contributed by atoms with Crippen LogP contribution in [0.5, 0.6) is 0 Å². The van der Waals surface area contributed by atoms with Crippen molar-refractivity contribution in [2.75, 3.05) is 18.2 Å². The van der Waals surface area contributed by atoms with Gasteiger partial charge in [0, 0.05) is 17.5 Å². The zero-order chi connectivity index (χ0) is 18.9. The minimum atomic E-state index is -0.726. The maximum atomic E-state index is 12.3. The van der Waals surface area contributed by atoms with Gasteiger partial charge in [-0.3, -0.25) is 9.59 Å². The Morgan fingerprint density at radius 2 is 1.73 bits per heavy atom. The van der Waals surface area contributed by atoms with E-state index in [1.165, 1.54) is 0 Å². The normalized spacial score (nSPS) is 12.9. The summed E-state index contributed by atoms with van der Waals surface area (Å²) in [5, 5.41) is 14.9. The molecule has 2 aromatic carbocycles. The van der Waals surface area contributed by atoms with E-state index in [2.05, 4.69) is 17.6 Å². The number of carbonyl (C=O) groups excluding carboxylic acids is 2. The van der Waals surface area contributed by atoms with Gasteiger partial charge in [-0.2, -0.15) is 11.8 Å². The summed E-state index contributed by atoms with van der Waals surface area (Å²) in [5.41, 5.74) is 2.51. The zero-order valence-electron chi connectivity index (χ0n) is 14.9.